The molecule has 0 amide bonds. The molecule has 24 heavy (non-hydrogen) atoms. The molecule has 3 aromatic rings. The average Bonchev–Trinajstić information content (AvgIpc) is 2.98. The molecule has 0 saturated heterocycles. The number of nitrogens with one attached hydrogen (secondary N) is 1. The lowest BCUT2D eigenvalue weighted by molar-refractivity contribution is 0.268. The maximum atomic E-state index is 9.59. The van der Waals surface area contributed by atoms with Crippen LogP contribution in [0.15, 0.2) is 36.7 Å². The van der Waals surface area contributed by atoms with E-state index >= 15 is 0 Å². The molecule has 0 unspecified atom stereocenters. The molecule has 0 aromatic carbocycles. The van der Waals surface area contributed by atoms with Gasteiger partial charge in [0.15, 0.2) is 5.82 Å². The van der Waals surface area contributed by atoms with Gasteiger partial charge in [-0.1, -0.05) is 19.4 Å². The number of pyridine rings is 1. The van der Waals surface area contributed by atoms with Gasteiger partial charge in [-0.15, -0.1) is 0 Å². The van der Waals surface area contributed by atoms with Crippen LogP contribution < -0.4 is 5.32 Å². The minimum atomic E-state index is -0.00861. The largest absolute Gasteiger partial charge is 0.394 e. The quantitative estimate of drug-likeness (QED) is 0.698. The molecular weight excluding hydrogens is 302 g/mol. The van der Waals surface area contributed by atoms with Crippen LogP contribution in [-0.4, -0.2) is 37.3 Å². The molecule has 0 saturated carbocycles. The number of aromatic nitrogens is 4. The number of hydrogen-bond donors (Lipinski definition) is 2. The summed E-state index contributed by atoms with van der Waals surface area (Å²) in [5.41, 5.74) is 2.82. The number of aliphatic hydroxyl groups is 1. The van der Waals surface area contributed by atoms with Crippen LogP contribution in [0.25, 0.3) is 11.0 Å². The van der Waals surface area contributed by atoms with Gasteiger partial charge in [0.2, 0.25) is 0 Å². The third-order valence-electron chi connectivity index (χ3n) is 3.98. The Balaban J connectivity index is 1.99. The minimum absolute atomic E-state index is 0.00861. The Morgan fingerprint density at radius 3 is 2.83 bits per heavy atom. The Morgan fingerprint density at radius 1 is 1.25 bits per heavy atom. The molecule has 126 valence electrons. The van der Waals surface area contributed by atoms with E-state index in [-0.39, 0.29) is 12.6 Å². The lowest BCUT2D eigenvalue weighted by Crippen LogP contribution is -2.24. The average molecular weight is 325 g/mol. The van der Waals surface area contributed by atoms with Crippen molar-refractivity contribution in [2.75, 3.05) is 11.9 Å². The second-order valence-electron chi connectivity index (χ2n) is 5.93. The topological polar surface area (TPSA) is 75.9 Å². The first-order valence-electron chi connectivity index (χ1n) is 8.32. The van der Waals surface area contributed by atoms with Crippen molar-refractivity contribution < 1.29 is 5.11 Å². The number of nitrogens with zero attached hydrogens (tertiary/aromatic N) is 4. The standard InChI is InChI=1S/C18H23N5O/c1-3-6-15(12-24)22-18-17-16(20-13(2)21-18)8-10-23(17)11-14-7-4-5-9-19-14/h4-5,7-10,15,24H,3,6,11-12H2,1-2H3,(H,20,21,22)/t15-/m0/s1. The third-order valence-corrected chi connectivity index (χ3v) is 3.98. The van der Waals surface area contributed by atoms with E-state index in [1.807, 2.05) is 37.4 Å². The van der Waals surface area contributed by atoms with Crippen molar-refractivity contribution in [3.8, 4) is 0 Å². The van der Waals surface area contributed by atoms with E-state index < -0.39 is 0 Å². The Hall–Kier alpha value is -2.47. The summed E-state index contributed by atoms with van der Waals surface area (Å²) in [7, 11) is 0. The number of anilines is 1. The van der Waals surface area contributed by atoms with Crippen LogP contribution in [0.3, 0.4) is 0 Å². The van der Waals surface area contributed by atoms with E-state index in [1.54, 1.807) is 6.20 Å². The third kappa shape index (κ3) is 3.54. The van der Waals surface area contributed by atoms with E-state index in [9.17, 15) is 5.11 Å². The summed E-state index contributed by atoms with van der Waals surface area (Å²) in [6.07, 6.45) is 5.69. The Bertz CT molecular complexity index is 800. The highest BCUT2D eigenvalue weighted by molar-refractivity contribution is 5.86. The monoisotopic (exact) mass is 325 g/mol. The fraction of sp³-hybridized carbons (Fsp3) is 0.389. The van der Waals surface area contributed by atoms with Gasteiger partial charge in [0, 0.05) is 12.4 Å². The van der Waals surface area contributed by atoms with Crippen LogP contribution in [0, 0.1) is 6.92 Å². The molecule has 0 aliphatic rings. The molecule has 0 fully saturated rings. The second kappa shape index (κ2) is 7.40. The van der Waals surface area contributed by atoms with Crippen LogP contribution >= 0.6 is 0 Å². The zero-order chi connectivity index (χ0) is 16.9. The molecule has 0 bridgehead atoms. The van der Waals surface area contributed by atoms with Crippen LogP contribution in [0.2, 0.25) is 0 Å². The minimum Gasteiger partial charge on any atom is -0.394 e. The van der Waals surface area contributed by atoms with Gasteiger partial charge in [0.05, 0.1) is 30.4 Å². The molecule has 0 spiro atoms. The van der Waals surface area contributed by atoms with Gasteiger partial charge in [-0.3, -0.25) is 4.98 Å². The molecule has 3 rings (SSSR count). The zero-order valence-corrected chi connectivity index (χ0v) is 14.1. The molecule has 0 radical (unpaired) electrons. The predicted molar refractivity (Wildman–Crippen MR) is 95.0 cm³/mol. The van der Waals surface area contributed by atoms with Crippen molar-refractivity contribution in [1.82, 2.24) is 19.5 Å². The number of fused-ring (bicyclic) bond motifs is 1. The van der Waals surface area contributed by atoms with Gasteiger partial charge in [0.25, 0.3) is 0 Å². The molecule has 1 atom stereocenters. The van der Waals surface area contributed by atoms with E-state index in [4.69, 9.17) is 0 Å². The molecule has 3 aromatic heterocycles. The summed E-state index contributed by atoms with van der Waals surface area (Å²) < 4.78 is 2.10. The number of aliphatic hydroxyl groups excluding tert-OH is 1. The summed E-state index contributed by atoms with van der Waals surface area (Å²) >= 11 is 0. The SMILES string of the molecule is CCC[C@@H](CO)Nc1nc(C)nc2ccn(Cc3ccccn3)c12. The van der Waals surface area contributed by atoms with E-state index in [1.165, 1.54) is 0 Å². The Labute approximate surface area is 141 Å². The van der Waals surface area contributed by atoms with Gasteiger partial charge in [-0.2, -0.15) is 0 Å². The molecule has 3 heterocycles. The predicted octanol–water partition coefficient (Wildman–Crippen LogP) is 2.76. The summed E-state index contributed by atoms with van der Waals surface area (Å²) in [6, 6.07) is 7.88. The van der Waals surface area contributed by atoms with E-state index in [0.717, 1.165) is 35.4 Å². The van der Waals surface area contributed by atoms with Gasteiger partial charge in [-0.25, -0.2) is 9.97 Å². The first-order chi connectivity index (χ1) is 11.7. The second-order valence-corrected chi connectivity index (χ2v) is 5.93. The molecular formula is C18H23N5O. The highest BCUT2D eigenvalue weighted by atomic mass is 16.3. The fourth-order valence-corrected chi connectivity index (χ4v) is 2.87. The summed E-state index contributed by atoms with van der Waals surface area (Å²) in [6.45, 7) is 4.73. The van der Waals surface area contributed by atoms with E-state index in [2.05, 4.69) is 31.8 Å². The molecule has 6 heteroatoms. The van der Waals surface area contributed by atoms with Crippen molar-refractivity contribution in [3.63, 3.8) is 0 Å². The normalized spacial score (nSPS) is 12.5. The van der Waals surface area contributed by atoms with Gasteiger partial charge in [-0.05, 0) is 31.5 Å². The van der Waals surface area contributed by atoms with Gasteiger partial charge in [0.1, 0.15) is 11.3 Å². The Morgan fingerprint density at radius 2 is 2.12 bits per heavy atom. The fourth-order valence-electron chi connectivity index (χ4n) is 2.87. The zero-order valence-electron chi connectivity index (χ0n) is 14.1. The highest BCUT2D eigenvalue weighted by Crippen LogP contribution is 2.23. The Kier molecular flexibility index (Phi) is 5.05. The molecule has 6 nitrogen and oxygen atoms in total. The summed E-state index contributed by atoms with van der Waals surface area (Å²) in [5.74, 6) is 1.49. The van der Waals surface area contributed by atoms with Crippen LogP contribution in [0.1, 0.15) is 31.3 Å². The van der Waals surface area contributed by atoms with Crippen molar-refractivity contribution >= 4 is 16.9 Å². The summed E-state index contributed by atoms with van der Waals surface area (Å²) in [5, 5.41) is 13.0. The summed E-state index contributed by atoms with van der Waals surface area (Å²) in [4.78, 5) is 13.5. The number of rotatable bonds is 7. The van der Waals surface area contributed by atoms with Gasteiger partial charge >= 0.3 is 0 Å². The molecule has 0 aliphatic carbocycles. The number of hydrogen-bond acceptors (Lipinski definition) is 5. The highest BCUT2D eigenvalue weighted by Gasteiger charge is 2.15. The van der Waals surface area contributed by atoms with Crippen molar-refractivity contribution in [2.24, 2.45) is 0 Å². The maximum Gasteiger partial charge on any atom is 0.154 e. The lowest BCUT2D eigenvalue weighted by Gasteiger charge is -2.18. The van der Waals surface area contributed by atoms with Crippen LogP contribution in [-0.2, 0) is 6.54 Å². The molecule has 0 aliphatic heterocycles. The number of aryl methyl sites for hydroxylation is 1. The van der Waals surface area contributed by atoms with Crippen LogP contribution in [0.4, 0.5) is 5.82 Å². The first kappa shape index (κ1) is 16.4. The van der Waals surface area contributed by atoms with Crippen molar-refractivity contribution in [2.45, 2.75) is 39.3 Å². The smallest absolute Gasteiger partial charge is 0.154 e. The van der Waals surface area contributed by atoms with Crippen molar-refractivity contribution in [3.05, 3.63) is 48.2 Å². The van der Waals surface area contributed by atoms with Crippen molar-refractivity contribution in [1.29, 1.82) is 0 Å². The lowest BCUT2D eigenvalue weighted by atomic mass is 10.2. The molecule has 2 N–H and O–H groups in total. The van der Waals surface area contributed by atoms with Crippen LogP contribution in [0.5, 0.6) is 0 Å². The first-order valence-corrected chi connectivity index (χ1v) is 8.32. The maximum absolute atomic E-state index is 9.59. The van der Waals surface area contributed by atoms with E-state index in [0.29, 0.717) is 12.4 Å². The van der Waals surface area contributed by atoms with Gasteiger partial charge < -0.3 is 15.0 Å².